The van der Waals surface area contributed by atoms with Crippen LogP contribution in [0.3, 0.4) is 0 Å². The molecule has 0 fully saturated rings. The highest BCUT2D eigenvalue weighted by molar-refractivity contribution is 8.00. The van der Waals surface area contributed by atoms with Crippen molar-refractivity contribution < 1.29 is 4.79 Å². The minimum Gasteiger partial charge on any atom is -0.325 e. The Morgan fingerprint density at radius 1 is 1.27 bits per heavy atom. The smallest absolute Gasteiger partial charge is 0.251 e. The van der Waals surface area contributed by atoms with Gasteiger partial charge in [0.1, 0.15) is 0 Å². The van der Waals surface area contributed by atoms with E-state index in [2.05, 4.69) is 15.3 Å². The fraction of sp³-hybridized carbons (Fsp3) is 0.312. The Labute approximate surface area is 133 Å². The normalized spacial score (nSPS) is 12.0. The second-order valence-corrected chi connectivity index (χ2v) is 6.59. The highest BCUT2D eigenvalue weighted by Crippen LogP contribution is 2.24. The summed E-state index contributed by atoms with van der Waals surface area (Å²) < 4.78 is 0. The van der Waals surface area contributed by atoms with Crippen molar-refractivity contribution in [3.63, 3.8) is 0 Å². The number of nitrogens with one attached hydrogen (secondary N) is 2. The Bertz CT molecular complexity index is 732. The third-order valence-electron chi connectivity index (χ3n) is 3.23. The van der Waals surface area contributed by atoms with Crippen LogP contribution in [-0.2, 0) is 4.79 Å². The van der Waals surface area contributed by atoms with Gasteiger partial charge in [0.15, 0.2) is 5.16 Å². The minimum absolute atomic E-state index is 0.119. The number of aromatic nitrogens is 2. The number of benzene rings is 1. The van der Waals surface area contributed by atoms with E-state index >= 15 is 0 Å². The predicted molar refractivity (Wildman–Crippen MR) is 89.5 cm³/mol. The third-order valence-corrected chi connectivity index (χ3v) is 4.23. The second kappa shape index (κ2) is 6.79. The Morgan fingerprint density at radius 2 is 1.91 bits per heavy atom. The molecule has 2 rings (SSSR count). The number of anilines is 1. The molecule has 1 aromatic carbocycles. The Morgan fingerprint density at radius 3 is 2.50 bits per heavy atom. The molecule has 116 valence electrons. The van der Waals surface area contributed by atoms with Crippen LogP contribution in [-0.4, -0.2) is 21.1 Å². The summed E-state index contributed by atoms with van der Waals surface area (Å²) in [6, 6.07) is 5.42. The number of carbonyl (C=O) groups excluding carboxylic acids is 1. The molecule has 2 N–H and O–H groups in total. The van der Waals surface area contributed by atoms with Gasteiger partial charge in [-0.25, -0.2) is 4.98 Å². The van der Waals surface area contributed by atoms with Gasteiger partial charge in [-0.1, -0.05) is 29.5 Å². The number of hydrogen-bond donors (Lipinski definition) is 2. The quantitative estimate of drug-likeness (QED) is 0.671. The van der Waals surface area contributed by atoms with Crippen LogP contribution < -0.4 is 10.9 Å². The highest BCUT2D eigenvalue weighted by Gasteiger charge is 2.17. The summed E-state index contributed by atoms with van der Waals surface area (Å²) in [4.78, 5) is 30.2. The summed E-state index contributed by atoms with van der Waals surface area (Å²) in [6.45, 7) is 7.76. The molecule has 1 atom stereocenters. The summed E-state index contributed by atoms with van der Waals surface area (Å²) in [6.07, 6.45) is 1.43. The van der Waals surface area contributed by atoms with E-state index in [9.17, 15) is 9.59 Å². The van der Waals surface area contributed by atoms with E-state index in [0.29, 0.717) is 5.16 Å². The van der Waals surface area contributed by atoms with E-state index in [4.69, 9.17) is 0 Å². The topological polar surface area (TPSA) is 74.8 Å². The summed E-state index contributed by atoms with van der Waals surface area (Å²) in [7, 11) is 0. The number of amides is 1. The lowest BCUT2D eigenvalue weighted by atomic mass is 10.1. The molecule has 1 amide bonds. The van der Waals surface area contributed by atoms with Crippen molar-refractivity contribution in [3.05, 3.63) is 51.4 Å². The zero-order valence-electron chi connectivity index (χ0n) is 13.1. The molecule has 0 aliphatic rings. The molecule has 5 nitrogen and oxygen atoms in total. The molecule has 0 bridgehead atoms. The van der Waals surface area contributed by atoms with Crippen LogP contribution in [0.1, 0.15) is 23.6 Å². The molecule has 0 spiro atoms. The van der Waals surface area contributed by atoms with Crippen molar-refractivity contribution in [3.8, 4) is 0 Å². The Balaban J connectivity index is 2.10. The molecule has 0 aliphatic carbocycles. The first-order chi connectivity index (χ1) is 10.4. The van der Waals surface area contributed by atoms with Crippen molar-refractivity contribution in [1.82, 2.24) is 9.97 Å². The Kier molecular flexibility index (Phi) is 5.03. The maximum absolute atomic E-state index is 12.3. The van der Waals surface area contributed by atoms with Gasteiger partial charge >= 0.3 is 0 Å². The fourth-order valence-electron chi connectivity index (χ4n) is 2.23. The van der Waals surface area contributed by atoms with Gasteiger partial charge < -0.3 is 10.3 Å². The lowest BCUT2D eigenvalue weighted by Crippen LogP contribution is -2.24. The van der Waals surface area contributed by atoms with Crippen LogP contribution in [0.15, 0.2) is 34.3 Å². The van der Waals surface area contributed by atoms with Crippen LogP contribution in [0.25, 0.3) is 0 Å². The summed E-state index contributed by atoms with van der Waals surface area (Å²) in [5, 5.41) is 3.03. The molecule has 1 heterocycles. The standard InChI is InChI=1S/C16H19N3O2S/c1-9-7-10(2)14(11(3)8-9)19-15(21)12(4)22-16-17-6-5-13(20)18-16/h5-8,12H,1-4H3,(H,19,21)(H,17,18,20). The van der Waals surface area contributed by atoms with Crippen molar-refractivity contribution in [2.75, 3.05) is 5.32 Å². The maximum atomic E-state index is 12.3. The van der Waals surface area contributed by atoms with Crippen LogP contribution in [0.2, 0.25) is 0 Å². The maximum Gasteiger partial charge on any atom is 0.251 e. The minimum atomic E-state index is -0.370. The number of aryl methyl sites for hydroxylation is 3. The van der Waals surface area contributed by atoms with Gasteiger partial charge in [0.2, 0.25) is 5.91 Å². The first kappa shape index (κ1) is 16.3. The summed E-state index contributed by atoms with van der Waals surface area (Å²) in [5.41, 5.74) is 3.86. The van der Waals surface area contributed by atoms with Gasteiger partial charge in [0.25, 0.3) is 5.56 Å². The van der Waals surface area contributed by atoms with Gasteiger partial charge in [0, 0.05) is 18.0 Å². The third kappa shape index (κ3) is 3.98. The molecule has 1 unspecified atom stereocenters. The first-order valence-corrected chi connectivity index (χ1v) is 7.85. The number of thioether (sulfide) groups is 1. The number of rotatable bonds is 4. The molecule has 22 heavy (non-hydrogen) atoms. The molecule has 0 saturated carbocycles. The van der Waals surface area contributed by atoms with E-state index < -0.39 is 0 Å². The molecular weight excluding hydrogens is 298 g/mol. The predicted octanol–water partition coefficient (Wildman–Crippen LogP) is 2.81. The Hall–Kier alpha value is -2.08. The highest BCUT2D eigenvalue weighted by atomic mass is 32.2. The van der Waals surface area contributed by atoms with Crippen molar-refractivity contribution >= 4 is 23.4 Å². The number of aromatic amines is 1. The summed E-state index contributed by atoms with van der Waals surface area (Å²) >= 11 is 1.22. The fourth-order valence-corrected chi connectivity index (χ4v) is 3.02. The molecule has 0 saturated heterocycles. The van der Waals surface area contributed by atoms with Gasteiger partial charge in [-0.15, -0.1) is 0 Å². The van der Waals surface area contributed by atoms with Crippen molar-refractivity contribution in [1.29, 1.82) is 0 Å². The van der Waals surface area contributed by atoms with E-state index in [-0.39, 0.29) is 16.7 Å². The van der Waals surface area contributed by atoms with Gasteiger partial charge in [-0.2, -0.15) is 0 Å². The first-order valence-electron chi connectivity index (χ1n) is 6.97. The van der Waals surface area contributed by atoms with E-state index in [1.807, 2.05) is 32.9 Å². The van der Waals surface area contributed by atoms with E-state index in [1.165, 1.54) is 29.6 Å². The largest absolute Gasteiger partial charge is 0.325 e. The van der Waals surface area contributed by atoms with Crippen molar-refractivity contribution in [2.45, 2.75) is 38.1 Å². The number of H-pyrrole nitrogens is 1. The van der Waals surface area contributed by atoms with Crippen molar-refractivity contribution in [2.24, 2.45) is 0 Å². The monoisotopic (exact) mass is 317 g/mol. The van der Waals surface area contributed by atoms with Crippen LogP contribution in [0.5, 0.6) is 0 Å². The van der Waals surface area contributed by atoms with Gasteiger partial charge in [0.05, 0.1) is 5.25 Å². The molecule has 0 aliphatic heterocycles. The van der Waals surface area contributed by atoms with Crippen LogP contribution in [0.4, 0.5) is 5.69 Å². The second-order valence-electron chi connectivity index (χ2n) is 5.26. The van der Waals surface area contributed by atoms with Gasteiger partial charge in [-0.3, -0.25) is 9.59 Å². The number of nitrogens with zero attached hydrogens (tertiary/aromatic N) is 1. The molecule has 0 radical (unpaired) electrons. The SMILES string of the molecule is Cc1cc(C)c(NC(=O)C(C)Sc2nccc(=O)[nH]2)c(C)c1. The summed E-state index contributed by atoms with van der Waals surface area (Å²) in [5.74, 6) is -0.119. The molecule has 2 aromatic rings. The number of carbonyl (C=O) groups is 1. The lowest BCUT2D eigenvalue weighted by Gasteiger charge is -2.15. The lowest BCUT2D eigenvalue weighted by molar-refractivity contribution is -0.115. The average Bonchev–Trinajstić information content (AvgIpc) is 2.42. The zero-order valence-corrected chi connectivity index (χ0v) is 13.9. The van der Waals surface area contributed by atoms with E-state index in [0.717, 1.165) is 16.8 Å². The van der Waals surface area contributed by atoms with Gasteiger partial charge in [-0.05, 0) is 38.8 Å². The molecular formula is C16H19N3O2S. The molecule has 6 heteroatoms. The average molecular weight is 317 g/mol. The molecule has 1 aromatic heterocycles. The van der Waals surface area contributed by atoms with E-state index in [1.54, 1.807) is 6.92 Å². The van der Waals surface area contributed by atoms with Crippen LogP contribution in [0, 0.1) is 20.8 Å². The van der Waals surface area contributed by atoms with Crippen LogP contribution >= 0.6 is 11.8 Å². The zero-order chi connectivity index (χ0) is 16.3. The number of hydrogen-bond acceptors (Lipinski definition) is 4.